The van der Waals surface area contributed by atoms with Gasteiger partial charge in [-0.25, -0.2) is 0 Å². The molecule has 0 bridgehead atoms. The van der Waals surface area contributed by atoms with Gasteiger partial charge in [-0.05, 0) is 59.0 Å². The normalized spacial score (nSPS) is 21.8. The van der Waals surface area contributed by atoms with E-state index in [-0.39, 0.29) is 23.1 Å². The first-order chi connectivity index (χ1) is 8.40. The summed E-state index contributed by atoms with van der Waals surface area (Å²) in [7, 11) is 0. The largest absolute Gasteiger partial charge is 0.507 e. The molecule has 1 aromatic carbocycles. The Hall–Kier alpha value is -0.780. The second kappa shape index (κ2) is 5.07. The number of carbonyl (C=O) groups excluding carboxylic acids is 1. The van der Waals surface area contributed by atoms with Gasteiger partial charge in [-0.2, -0.15) is 0 Å². The van der Waals surface area contributed by atoms with Crippen LogP contribution in [0, 0.1) is 8.99 Å². The molecule has 0 spiro atoms. The molecule has 1 amide bonds. The highest BCUT2D eigenvalue weighted by atomic mass is 127. The molecule has 98 valence electrons. The Morgan fingerprint density at radius 2 is 2.22 bits per heavy atom. The first kappa shape index (κ1) is 13.6. The van der Waals surface area contributed by atoms with Crippen LogP contribution in [0.25, 0.3) is 0 Å². The molecule has 2 rings (SSSR count). The Morgan fingerprint density at radius 3 is 2.83 bits per heavy atom. The molecule has 1 saturated carbocycles. The summed E-state index contributed by atoms with van der Waals surface area (Å²) >= 11 is 2.14. The molecule has 3 nitrogen and oxygen atoms in total. The number of carbonyl (C=O) groups is 1. The molecule has 2 N–H and O–H groups in total. The van der Waals surface area contributed by atoms with E-state index < -0.39 is 0 Å². The molecule has 4 heteroatoms. The average Bonchev–Trinajstić information content (AvgIpc) is 2.62. The first-order valence-corrected chi connectivity index (χ1v) is 7.27. The number of phenols is 1. The Kier molecular flexibility index (Phi) is 3.84. The minimum Gasteiger partial charge on any atom is -0.507 e. The molecule has 18 heavy (non-hydrogen) atoms. The highest BCUT2D eigenvalue weighted by Crippen LogP contribution is 2.37. The highest BCUT2D eigenvalue weighted by Gasteiger charge is 2.35. The zero-order chi connectivity index (χ0) is 13.3. The summed E-state index contributed by atoms with van der Waals surface area (Å²) < 4.78 is 0.946. The molecule has 0 aromatic heterocycles. The molecular formula is C14H18INO2. The topological polar surface area (TPSA) is 49.3 Å². The molecule has 1 aliphatic rings. The van der Waals surface area contributed by atoms with Crippen molar-refractivity contribution >= 4 is 28.5 Å². The maximum absolute atomic E-state index is 12.2. The minimum absolute atomic E-state index is 0.0451. The highest BCUT2D eigenvalue weighted by molar-refractivity contribution is 14.1. The third kappa shape index (κ3) is 2.79. The number of benzene rings is 1. The van der Waals surface area contributed by atoms with Crippen LogP contribution in [-0.4, -0.2) is 17.1 Å². The van der Waals surface area contributed by atoms with Crippen LogP contribution in [-0.2, 0) is 0 Å². The zero-order valence-electron chi connectivity index (χ0n) is 10.7. The van der Waals surface area contributed by atoms with Gasteiger partial charge < -0.3 is 10.4 Å². The number of aromatic hydroxyl groups is 1. The van der Waals surface area contributed by atoms with Crippen molar-refractivity contribution in [3.63, 3.8) is 0 Å². The zero-order valence-corrected chi connectivity index (χ0v) is 12.8. The number of amides is 1. The van der Waals surface area contributed by atoms with Crippen LogP contribution in [0.3, 0.4) is 0 Å². The predicted molar refractivity (Wildman–Crippen MR) is 79.7 cm³/mol. The number of hydrogen-bond acceptors (Lipinski definition) is 2. The summed E-state index contributed by atoms with van der Waals surface area (Å²) in [4.78, 5) is 12.2. The van der Waals surface area contributed by atoms with Crippen molar-refractivity contribution in [1.29, 1.82) is 0 Å². The van der Waals surface area contributed by atoms with E-state index in [1.165, 1.54) is 0 Å². The summed E-state index contributed by atoms with van der Waals surface area (Å²) in [5.74, 6) is -0.130. The molecule has 0 aliphatic heterocycles. The van der Waals surface area contributed by atoms with Crippen molar-refractivity contribution in [2.75, 3.05) is 0 Å². The fraction of sp³-hybridized carbons (Fsp3) is 0.500. The number of nitrogens with one attached hydrogen (secondary N) is 1. The van der Waals surface area contributed by atoms with Crippen LogP contribution in [0.4, 0.5) is 0 Å². The van der Waals surface area contributed by atoms with Gasteiger partial charge in [0.1, 0.15) is 5.75 Å². The van der Waals surface area contributed by atoms with E-state index in [9.17, 15) is 9.90 Å². The van der Waals surface area contributed by atoms with E-state index in [1.54, 1.807) is 18.2 Å². The summed E-state index contributed by atoms with van der Waals surface area (Å²) in [6, 6.07) is 5.26. The molecule has 1 unspecified atom stereocenters. The van der Waals surface area contributed by atoms with Crippen molar-refractivity contribution in [1.82, 2.24) is 5.32 Å². The second-order valence-corrected chi connectivity index (χ2v) is 6.81. The monoisotopic (exact) mass is 359 g/mol. The smallest absolute Gasteiger partial charge is 0.255 e. The van der Waals surface area contributed by atoms with E-state index in [4.69, 9.17) is 0 Å². The molecule has 1 aromatic rings. The number of halogens is 1. The van der Waals surface area contributed by atoms with E-state index in [2.05, 4.69) is 41.8 Å². The SMILES string of the molecule is CC1(C)CCCC1NC(=O)c1cc(I)ccc1O. The van der Waals surface area contributed by atoms with Crippen LogP contribution in [0.2, 0.25) is 0 Å². The molecular weight excluding hydrogens is 341 g/mol. The van der Waals surface area contributed by atoms with E-state index >= 15 is 0 Å². The summed E-state index contributed by atoms with van der Waals surface area (Å²) in [5, 5.41) is 12.8. The van der Waals surface area contributed by atoms with Gasteiger partial charge in [0.05, 0.1) is 5.56 Å². The fourth-order valence-corrected chi connectivity index (χ4v) is 3.01. The van der Waals surface area contributed by atoms with Gasteiger partial charge in [-0.3, -0.25) is 4.79 Å². The van der Waals surface area contributed by atoms with Crippen LogP contribution in [0.1, 0.15) is 43.5 Å². The van der Waals surface area contributed by atoms with Gasteiger partial charge in [0.2, 0.25) is 0 Å². The van der Waals surface area contributed by atoms with Gasteiger partial charge in [0.25, 0.3) is 5.91 Å². The van der Waals surface area contributed by atoms with Crippen molar-refractivity contribution in [3.05, 3.63) is 27.3 Å². The van der Waals surface area contributed by atoms with Gasteiger partial charge >= 0.3 is 0 Å². The fourth-order valence-electron chi connectivity index (χ4n) is 2.52. The molecule has 1 fully saturated rings. The maximum Gasteiger partial charge on any atom is 0.255 e. The van der Waals surface area contributed by atoms with Crippen LogP contribution < -0.4 is 5.32 Å². The second-order valence-electron chi connectivity index (χ2n) is 5.57. The predicted octanol–water partition coefficient (Wildman–Crippen LogP) is 3.31. The van der Waals surface area contributed by atoms with E-state index in [0.717, 1.165) is 22.8 Å². The first-order valence-electron chi connectivity index (χ1n) is 6.19. The lowest BCUT2D eigenvalue weighted by atomic mass is 9.87. The summed E-state index contributed by atoms with van der Waals surface area (Å²) in [6.07, 6.45) is 3.30. The number of rotatable bonds is 2. The summed E-state index contributed by atoms with van der Waals surface area (Å²) in [6.45, 7) is 4.36. The van der Waals surface area contributed by atoms with Crippen molar-refractivity contribution in [2.45, 2.75) is 39.2 Å². The Labute approximate surface area is 121 Å². The molecule has 1 atom stereocenters. The number of phenolic OH excluding ortho intramolecular Hbond substituents is 1. The van der Waals surface area contributed by atoms with Gasteiger partial charge in [0, 0.05) is 9.61 Å². The lowest BCUT2D eigenvalue weighted by molar-refractivity contribution is 0.0907. The Morgan fingerprint density at radius 1 is 1.50 bits per heavy atom. The van der Waals surface area contributed by atoms with Gasteiger partial charge in [0.15, 0.2) is 0 Å². The lowest BCUT2D eigenvalue weighted by Gasteiger charge is -2.27. The third-order valence-corrected chi connectivity index (χ3v) is 4.44. The van der Waals surface area contributed by atoms with Crippen molar-refractivity contribution in [3.8, 4) is 5.75 Å². The minimum atomic E-state index is -0.175. The van der Waals surface area contributed by atoms with Crippen LogP contribution in [0.5, 0.6) is 5.75 Å². The molecule has 0 saturated heterocycles. The lowest BCUT2D eigenvalue weighted by Crippen LogP contribution is -2.41. The standard InChI is InChI=1S/C14H18INO2/c1-14(2)7-3-4-12(14)16-13(18)10-8-9(15)5-6-11(10)17/h5-6,8,12,17H,3-4,7H2,1-2H3,(H,16,18). The third-order valence-electron chi connectivity index (χ3n) is 3.77. The Bertz CT molecular complexity index is 471. The molecule has 1 aliphatic carbocycles. The molecule has 0 radical (unpaired) electrons. The van der Waals surface area contributed by atoms with Crippen LogP contribution in [0.15, 0.2) is 18.2 Å². The van der Waals surface area contributed by atoms with Gasteiger partial charge in [-0.1, -0.05) is 20.3 Å². The maximum atomic E-state index is 12.2. The Balaban J connectivity index is 2.15. The average molecular weight is 359 g/mol. The van der Waals surface area contributed by atoms with Crippen LogP contribution >= 0.6 is 22.6 Å². The van der Waals surface area contributed by atoms with Crippen molar-refractivity contribution in [2.24, 2.45) is 5.41 Å². The molecule has 0 heterocycles. The summed E-state index contributed by atoms with van der Waals surface area (Å²) in [5.41, 5.74) is 0.511. The van der Waals surface area contributed by atoms with E-state index in [0.29, 0.717) is 5.56 Å². The van der Waals surface area contributed by atoms with Crippen molar-refractivity contribution < 1.29 is 9.90 Å². The van der Waals surface area contributed by atoms with Gasteiger partial charge in [-0.15, -0.1) is 0 Å². The van der Waals surface area contributed by atoms with E-state index in [1.807, 2.05) is 0 Å². The number of hydrogen-bond donors (Lipinski definition) is 2. The quantitative estimate of drug-likeness (QED) is 0.796.